The van der Waals surface area contributed by atoms with E-state index in [9.17, 15) is 13.2 Å². The standard InChI is InChI=1S/C21H21N3O4S/c1-3-24(17-7-5-4-6-8-17)29(26,27)18-9-10-20(28-2)19(15-18)23-21(25)16-11-13-22-14-12-16/h4-15H,3H2,1-2H3,(H,23,25). The molecule has 0 atom stereocenters. The fourth-order valence-corrected chi connectivity index (χ4v) is 4.36. The highest BCUT2D eigenvalue weighted by atomic mass is 32.2. The Kier molecular flexibility index (Phi) is 6.13. The van der Waals surface area contributed by atoms with E-state index in [0.717, 1.165) is 0 Å². The zero-order chi connectivity index (χ0) is 20.9. The molecule has 0 aliphatic heterocycles. The summed E-state index contributed by atoms with van der Waals surface area (Å²) in [5.41, 5.74) is 1.22. The van der Waals surface area contributed by atoms with Crippen molar-refractivity contribution in [3.8, 4) is 5.75 Å². The number of ether oxygens (including phenoxy) is 1. The van der Waals surface area contributed by atoms with Gasteiger partial charge in [0.25, 0.3) is 15.9 Å². The number of methoxy groups -OCH3 is 1. The molecule has 0 saturated heterocycles. The maximum absolute atomic E-state index is 13.2. The zero-order valence-corrected chi connectivity index (χ0v) is 16.9. The highest BCUT2D eigenvalue weighted by molar-refractivity contribution is 7.92. The van der Waals surface area contributed by atoms with Crippen LogP contribution in [0, 0.1) is 0 Å². The Morgan fingerprint density at radius 2 is 1.76 bits per heavy atom. The van der Waals surface area contributed by atoms with E-state index in [4.69, 9.17) is 4.74 Å². The van der Waals surface area contributed by atoms with Crippen molar-refractivity contribution >= 4 is 27.3 Å². The van der Waals surface area contributed by atoms with Crippen molar-refractivity contribution in [3.63, 3.8) is 0 Å². The number of para-hydroxylation sites is 1. The average Bonchev–Trinajstić information content (AvgIpc) is 2.75. The molecule has 1 heterocycles. The highest BCUT2D eigenvalue weighted by Gasteiger charge is 2.25. The molecule has 2 aromatic carbocycles. The van der Waals surface area contributed by atoms with Crippen LogP contribution in [0.25, 0.3) is 0 Å². The molecule has 150 valence electrons. The lowest BCUT2D eigenvalue weighted by molar-refractivity contribution is 0.102. The van der Waals surface area contributed by atoms with Crippen molar-refractivity contribution in [1.29, 1.82) is 0 Å². The number of benzene rings is 2. The fraction of sp³-hybridized carbons (Fsp3) is 0.143. The molecule has 0 aliphatic carbocycles. The maximum atomic E-state index is 13.2. The molecule has 1 N–H and O–H groups in total. The van der Waals surface area contributed by atoms with Gasteiger partial charge >= 0.3 is 0 Å². The van der Waals surface area contributed by atoms with Crippen LogP contribution in [0.4, 0.5) is 11.4 Å². The Hall–Kier alpha value is -3.39. The Morgan fingerprint density at radius 3 is 2.38 bits per heavy atom. The summed E-state index contributed by atoms with van der Waals surface area (Å²) in [6, 6.07) is 16.4. The summed E-state index contributed by atoms with van der Waals surface area (Å²) in [7, 11) is -2.38. The van der Waals surface area contributed by atoms with E-state index in [1.165, 1.54) is 42.0 Å². The third-order valence-corrected chi connectivity index (χ3v) is 6.18. The van der Waals surface area contributed by atoms with E-state index in [2.05, 4.69) is 10.3 Å². The first kappa shape index (κ1) is 20.3. The van der Waals surface area contributed by atoms with Crippen molar-refractivity contribution in [2.24, 2.45) is 0 Å². The molecule has 1 aromatic heterocycles. The molecule has 0 radical (unpaired) electrons. The molecule has 0 saturated carbocycles. The molecule has 0 bridgehead atoms. The molecule has 0 spiro atoms. The number of carbonyl (C=O) groups excluding carboxylic acids is 1. The van der Waals surface area contributed by atoms with Crippen LogP contribution >= 0.6 is 0 Å². The monoisotopic (exact) mass is 411 g/mol. The zero-order valence-electron chi connectivity index (χ0n) is 16.1. The average molecular weight is 411 g/mol. The Morgan fingerprint density at radius 1 is 1.07 bits per heavy atom. The van der Waals surface area contributed by atoms with Gasteiger partial charge in [0.1, 0.15) is 5.75 Å². The lowest BCUT2D eigenvalue weighted by Crippen LogP contribution is -2.30. The Balaban J connectivity index is 1.98. The van der Waals surface area contributed by atoms with Gasteiger partial charge in [-0.3, -0.25) is 14.1 Å². The molecule has 8 heteroatoms. The lowest BCUT2D eigenvalue weighted by atomic mass is 10.2. The first-order valence-electron chi connectivity index (χ1n) is 8.94. The van der Waals surface area contributed by atoms with Crippen molar-refractivity contribution in [3.05, 3.63) is 78.6 Å². The number of hydrogen-bond donors (Lipinski definition) is 1. The molecule has 7 nitrogen and oxygen atoms in total. The smallest absolute Gasteiger partial charge is 0.264 e. The van der Waals surface area contributed by atoms with E-state index >= 15 is 0 Å². The van der Waals surface area contributed by atoms with Gasteiger partial charge in [0.2, 0.25) is 0 Å². The number of hydrogen-bond acceptors (Lipinski definition) is 5. The van der Waals surface area contributed by atoms with Gasteiger partial charge in [-0.2, -0.15) is 0 Å². The number of rotatable bonds is 7. The minimum atomic E-state index is -3.84. The van der Waals surface area contributed by atoms with Gasteiger partial charge in [-0.1, -0.05) is 18.2 Å². The number of nitrogens with zero attached hydrogens (tertiary/aromatic N) is 2. The van der Waals surface area contributed by atoms with Crippen LogP contribution in [0.5, 0.6) is 5.75 Å². The number of aromatic nitrogens is 1. The second kappa shape index (κ2) is 8.74. The van der Waals surface area contributed by atoms with Gasteiger partial charge in [0, 0.05) is 24.5 Å². The van der Waals surface area contributed by atoms with Crippen LogP contribution in [0.1, 0.15) is 17.3 Å². The van der Waals surface area contributed by atoms with E-state index in [0.29, 0.717) is 17.0 Å². The summed E-state index contributed by atoms with van der Waals surface area (Å²) in [6.07, 6.45) is 3.01. The first-order valence-corrected chi connectivity index (χ1v) is 10.4. The molecular weight excluding hydrogens is 390 g/mol. The molecule has 3 aromatic rings. The number of nitrogens with one attached hydrogen (secondary N) is 1. The van der Waals surface area contributed by atoms with Crippen LogP contribution in [0.2, 0.25) is 0 Å². The molecular formula is C21H21N3O4S. The topological polar surface area (TPSA) is 88.6 Å². The van der Waals surface area contributed by atoms with Crippen LogP contribution in [0.15, 0.2) is 78.0 Å². The molecule has 0 aliphatic rings. The third kappa shape index (κ3) is 4.38. The van der Waals surface area contributed by atoms with Crippen LogP contribution in [-0.4, -0.2) is 33.0 Å². The van der Waals surface area contributed by atoms with Crippen molar-refractivity contribution in [1.82, 2.24) is 4.98 Å². The predicted molar refractivity (Wildman–Crippen MR) is 112 cm³/mol. The number of amides is 1. The van der Waals surface area contributed by atoms with Gasteiger partial charge in [-0.25, -0.2) is 8.42 Å². The summed E-state index contributed by atoms with van der Waals surface area (Å²) < 4.78 is 33.1. The van der Waals surface area contributed by atoms with Crippen molar-refractivity contribution < 1.29 is 17.9 Å². The van der Waals surface area contributed by atoms with Crippen LogP contribution in [-0.2, 0) is 10.0 Å². The van der Waals surface area contributed by atoms with E-state index in [1.54, 1.807) is 43.3 Å². The number of pyridine rings is 1. The van der Waals surface area contributed by atoms with Gasteiger partial charge in [-0.05, 0) is 49.4 Å². The van der Waals surface area contributed by atoms with E-state index < -0.39 is 15.9 Å². The largest absolute Gasteiger partial charge is 0.495 e. The maximum Gasteiger partial charge on any atom is 0.264 e. The predicted octanol–water partition coefficient (Wildman–Crippen LogP) is 3.56. The molecule has 0 unspecified atom stereocenters. The summed E-state index contributed by atoms with van der Waals surface area (Å²) in [5, 5.41) is 2.71. The minimum absolute atomic E-state index is 0.0500. The fourth-order valence-electron chi connectivity index (χ4n) is 2.86. The lowest BCUT2D eigenvalue weighted by Gasteiger charge is -2.23. The normalized spacial score (nSPS) is 11.0. The number of anilines is 2. The number of sulfonamides is 1. The molecule has 1 amide bonds. The highest BCUT2D eigenvalue weighted by Crippen LogP contribution is 2.31. The van der Waals surface area contributed by atoms with Gasteiger partial charge in [-0.15, -0.1) is 0 Å². The number of carbonyl (C=O) groups is 1. The first-order chi connectivity index (χ1) is 14.0. The van der Waals surface area contributed by atoms with E-state index in [-0.39, 0.29) is 17.1 Å². The molecule has 3 rings (SSSR count). The summed E-state index contributed by atoms with van der Waals surface area (Å²) in [4.78, 5) is 16.4. The summed E-state index contributed by atoms with van der Waals surface area (Å²) in [5.74, 6) is -0.0372. The second-order valence-electron chi connectivity index (χ2n) is 6.06. The summed E-state index contributed by atoms with van der Waals surface area (Å²) >= 11 is 0. The van der Waals surface area contributed by atoms with Gasteiger partial charge in [0.15, 0.2) is 0 Å². The minimum Gasteiger partial charge on any atom is -0.495 e. The quantitative estimate of drug-likeness (QED) is 0.642. The molecule has 29 heavy (non-hydrogen) atoms. The Labute approximate surface area is 170 Å². The Bertz CT molecular complexity index is 1090. The SMILES string of the molecule is CCN(c1ccccc1)S(=O)(=O)c1ccc(OC)c(NC(=O)c2ccncc2)c1. The van der Waals surface area contributed by atoms with Gasteiger partial charge in [0.05, 0.1) is 23.4 Å². The van der Waals surface area contributed by atoms with Crippen LogP contribution < -0.4 is 14.4 Å². The van der Waals surface area contributed by atoms with Gasteiger partial charge < -0.3 is 10.1 Å². The third-order valence-electron chi connectivity index (χ3n) is 4.28. The second-order valence-corrected chi connectivity index (χ2v) is 7.92. The van der Waals surface area contributed by atoms with Crippen molar-refractivity contribution in [2.75, 3.05) is 23.3 Å². The molecule has 0 fully saturated rings. The summed E-state index contributed by atoms with van der Waals surface area (Å²) in [6.45, 7) is 2.03. The van der Waals surface area contributed by atoms with E-state index in [1.807, 2.05) is 6.07 Å². The van der Waals surface area contributed by atoms with Crippen LogP contribution in [0.3, 0.4) is 0 Å². The van der Waals surface area contributed by atoms with Crippen molar-refractivity contribution in [2.45, 2.75) is 11.8 Å².